The van der Waals surface area contributed by atoms with Crippen LogP contribution in [0.1, 0.15) is 51.9 Å². The fourth-order valence-corrected chi connectivity index (χ4v) is 3.68. The average Bonchev–Trinajstić information content (AvgIpc) is 2.78. The molecule has 5 nitrogen and oxygen atoms in total. The van der Waals surface area contributed by atoms with Gasteiger partial charge >= 0.3 is 12.0 Å². The van der Waals surface area contributed by atoms with Crippen molar-refractivity contribution in [2.75, 3.05) is 13.7 Å². The number of esters is 1. The van der Waals surface area contributed by atoms with Crippen molar-refractivity contribution in [3.8, 4) is 0 Å². The molecule has 1 saturated carbocycles. The average molecular weight is 282 g/mol. The molecule has 2 rings (SSSR count). The van der Waals surface area contributed by atoms with E-state index in [9.17, 15) is 9.59 Å². The standard InChI is InChI=1S/C15H26N2O3/c1-11-10-12-6-3-4-7-13(12)17(11)15(19)16-9-5-8-14(18)20-2/h11-13H,3-10H2,1-2H3,(H,16,19)/t11-,12+,13+/m1/s1. The van der Waals surface area contributed by atoms with E-state index in [2.05, 4.69) is 17.0 Å². The highest BCUT2D eigenvalue weighted by Crippen LogP contribution is 2.39. The van der Waals surface area contributed by atoms with Gasteiger partial charge in [0.25, 0.3) is 0 Å². The van der Waals surface area contributed by atoms with Gasteiger partial charge in [0.1, 0.15) is 0 Å². The van der Waals surface area contributed by atoms with Crippen LogP contribution < -0.4 is 5.32 Å². The number of ether oxygens (including phenoxy) is 1. The number of carbonyl (C=O) groups is 2. The lowest BCUT2D eigenvalue weighted by Gasteiger charge is -2.33. The van der Waals surface area contributed by atoms with Crippen LogP contribution in [0.15, 0.2) is 0 Å². The largest absolute Gasteiger partial charge is 0.469 e. The first-order valence-corrected chi connectivity index (χ1v) is 7.76. The molecule has 2 aliphatic rings. The minimum atomic E-state index is -0.221. The van der Waals surface area contributed by atoms with Gasteiger partial charge in [-0.15, -0.1) is 0 Å². The summed E-state index contributed by atoms with van der Waals surface area (Å²) in [4.78, 5) is 25.4. The minimum absolute atomic E-state index is 0.0387. The van der Waals surface area contributed by atoms with Gasteiger partial charge in [-0.3, -0.25) is 4.79 Å². The molecule has 1 N–H and O–H groups in total. The van der Waals surface area contributed by atoms with Gasteiger partial charge in [-0.05, 0) is 38.5 Å². The van der Waals surface area contributed by atoms with E-state index in [1.54, 1.807) is 0 Å². The van der Waals surface area contributed by atoms with Crippen molar-refractivity contribution in [2.45, 2.75) is 64.0 Å². The van der Waals surface area contributed by atoms with E-state index in [1.165, 1.54) is 26.4 Å². The number of nitrogens with one attached hydrogen (secondary N) is 1. The summed E-state index contributed by atoms with van der Waals surface area (Å²) in [6.07, 6.45) is 7.08. The van der Waals surface area contributed by atoms with Crippen LogP contribution in [-0.2, 0) is 9.53 Å². The van der Waals surface area contributed by atoms with Gasteiger partial charge in [-0.2, -0.15) is 0 Å². The summed E-state index contributed by atoms with van der Waals surface area (Å²) in [5.41, 5.74) is 0. The highest BCUT2D eigenvalue weighted by Gasteiger charge is 2.42. The molecule has 1 heterocycles. The molecule has 2 fully saturated rings. The summed E-state index contributed by atoms with van der Waals surface area (Å²) in [5, 5.41) is 2.95. The Morgan fingerprint density at radius 3 is 2.80 bits per heavy atom. The van der Waals surface area contributed by atoms with E-state index >= 15 is 0 Å². The molecular formula is C15H26N2O3. The zero-order chi connectivity index (χ0) is 14.5. The van der Waals surface area contributed by atoms with Crippen molar-refractivity contribution in [1.29, 1.82) is 0 Å². The summed E-state index contributed by atoms with van der Waals surface area (Å²) < 4.78 is 4.58. The van der Waals surface area contributed by atoms with E-state index in [1.807, 2.05) is 4.90 Å². The van der Waals surface area contributed by atoms with Crippen LogP contribution in [0.2, 0.25) is 0 Å². The number of amides is 2. The number of likely N-dealkylation sites (tertiary alicyclic amines) is 1. The van der Waals surface area contributed by atoms with Gasteiger partial charge in [-0.25, -0.2) is 4.79 Å². The summed E-state index contributed by atoms with van der Waals surface area (Å²) >= 11 is 0. The molecular weight excluding hydrogens is 256 g/mol. The fraction of sp³-hybridized carbons (Fsp3) is 0.867. The summed E-state index contributed by atoms with van der Waals surface area (Å²) in [5.74, 6) is 0.473. The van der Waals surface area contributed by atoms with E-state index in [4.69, 9.17) is 0 Å². The van der Waals surface area contributed by atoms with Crippen LogP contribution >= 0.6 is 0 Å². The predicted molar refractivity (Wildman–Crippen MR) is 76.3 cm³/mol. The molecule has 5 heteroatoms. The van der Waals surface area contributed by atoms with Crippen LogP contribution in [0.5, 0.6) is 0 Å². The van der Waals surface area contributed by atoms with E-state index in [-0.39, 0.29) is 12.0 Å². The number of methoxy groups -OCH3 is 1. The van der Waals surface area contributed by atoms with E-state index in [0.29, 0.717) is 37.4 Å². The number of rotatable bonds is 4. The molecule has 2 amide bonds. The van der Waals surface area contributed by atoms with Crippen LogP contribution in [0.25, 0.3) is 0 Å². The molecule has 0 bridgehead atoms. The quantitative estimate of drug-likeness (QED) is 0.636. The van der Waals surface area contributed by atoms with Crippen molar-refractivity contribution in [3.63, 3.8) is 0 Å². The lowest BCUT2D eigenvalue weighted by molar-refractivity contribution is -0.140. The summed E-state index contributed by atoms with van der Waals surface area (Å²) in [6, 6.07) is 0.805. The minimum Gasteiger partial charge on any atom is -0.469 e. The van der Waals surface area contributed by atoms with Gasteiger partial charge in [0, 0.05) is 25.0 Å². The molecule has 0 aromatic carbocycles. The number of hydrogen-bond acceptors (Lipinski definition) is 3. The zero-order valence-corrected chi connectivity index (χ0v) is 12.6. The predicted octanol–water partition coefficient (Wildman–Crippen LogP) is 2.30. The second kappa shape index (κ2) is 6.95. The zero-order valence-electron chi connectivity index (χ0n) is 12.6. The number of carbonyl (C=O) groups excluding carboxylic acids is 2. The molecule has 0 radical (unpaired) electrons. The first kappa shape index (κ1) is 15.1. The second-order valence-corrected chi connectivity index (χ2v) is 6.02. The summed E-state index contributed by atoms with van der Waals surface area (Å²) in [7, 11) is 1.38. The lowest BCUT2D eigenvalue weighted by atomic mass is 9.85. The highest BCUT2D eigenvalue weighted by molar-refractivity contribution is 5.75. The Hall–Kier alpha value is -1.26. The van der Waals surface area contributed by atoms with Crippen molar-refractivity contribution in [1.82, 2.24) is 10.2 Å². The van der Waals surface area contributed by atoms with Crippen LogP contribution in [0, 0.1) is 5.92 Å². The maximum Gasteiger partial charge on any atom is 0.317 e. The van der Waals surface area contributed by atoms with Crippen molar-refractivity contribution in [2.24, 2.45) is 5.92 Å². The smallest absolute Gasteiger partial charge is 0.317 e. The lowest BCUT2D eigenvalue weighted by Crippen LogP contribution is -2.47. The van der Waals surface area contributed by atoms with Gasteiger partial charge in [0.15, 0.2) is 0 Å². The third-order valence-corrected chi connectivity index (χ3v) is 4.64. The molecule has 1 saturated heterocycles. The third kappa shape index (κ3) is 3.44. The molecule has 0 aromatic heterocycles. The van der Waals surface area contributed by atoms with Crippen LogP contribution in [-0.4, -0.2) is 42.6 Å². The number of fused-ring (bicyclic) bond motifs is 1. The van der Waals surface area contributed by atoms with Crippen molar-refractivity contribution < 1.29 is 14.3 Å². The Kier molecular flexibility index (Phi) is 5.26. The Morgan fingerprint density at radius 2 is 2.05 bits per heavy atom. The fourth-order valence-electron chi connectivity index (χ4n) is 3.68. The van der Waals surface area contributed by atoms with Gasteiger partial charge in [-0.1, -0.05) is 12.8 Å². The van der Waals surface area contributed by atoms with E-state index in [0.717, 1.165) is 12.8 Å². The topological polar surface area (TPSA) is 58.6 Å². The maximum atomic E-state index is 12.3. The van der Waals surface area contributed by atoms with Crippen molar-refractivity contribution >= 4 is 12.0 Å². The summed E-state index contributed by atoms with van der Waals surface area (Å²) in [6.45, 7) is 2.68. The third-order valence-electron chi connectivity index (χ3n) is 4.64. The highest BCUT2D eigenvalue weighted by atomic mass is 16.5. The molecule has 3 atom stereocenters. The van der Waals surface area contributed by atoms with Crippen LogP contribution in [0.4, 0.5) is 4.79 Å². The van der Waals surface area contributed by atoms with Gasteiger partial charge < -0.3 is 15.0 Å². The second-order valence-electron chi connectivity index (χ2n) is 6.02. The SMILES string of the molecule is COC(=O)CCCNC(=O)N1[C@H](C)C[C@@H]2CCCC[C@@H]21. The molecule has 1 aliphatic carbocycles. The Bertz CT molecular complexity index is 359. The molecule has 0 unspecified atom stereocenters. The number of urea groups is 1. The van der Waals surface area contributed by atoms with Crippen LogP contribution in [0.3, 0.4) is 0 Å². The maximum absolute atomic E-state index is 12.3. The number of hydrogen-bond donors (Lipinski definition) is 1. The van der Waals surface area contributed by atoms with Gasteiger partial charge in [0.05, 0.1) is 7.11 Å². The normalized spacial score (nSPS) is 28.9. The first-order chi connectivity index (χ1) is 9.63. The Labute approximate surface area is 121 Å². The Balaban J connectivity index is 1.78. The molecule has 0 spiro atoms. The molecule has 20 heavy (non-hydrogen) atoms. The Morgan fingerprint density at radius 1 is 1.30 bits per heavy atom. The molecule has 1 aliphatic heterocycles. The molecule has 0 aromatic rings. The van der Waals surface area contributed by atoms with E-state index < -0.39 is 0 Å². The number of nitrogens with zero attached hydrogens (tertiary/aromatic N) is 1. The monoisotopic (exact) mass is 282 g/mol. The molecule has 114 valence electrons. The first-order valence-electron chi connectivity index (χ1n) is 7.76. The van der Waals surface area contributed by atoms with Crippen molar-refractivity contribution in [3.05, 3.63) is 0 Å². The van der Waals surface area contributed by atoms with Gasteiger partial charge in [0.2, 0.25) is 0 Å².